The fraction of sp³-hybridized carbons (Fsp3) is 0. The monoisotopic (exact) mass is 215 g/mol. The molecule has 1 heterocycles. The van der Waals surface area contributed by atoms with Crippen LogP contribution < -0.4 is 5.32 Å². The Hall–Kier alpha value is -2.43. The number of nitrogens with zero attached hydrogens (tertiary/aromatic N) is 2. The molecule has 0 aliphatic carbocycles. The first kappa shape index (κ1) is 10.1. The first-order valence-corrected chi connectivity index (χ1v) is 4.61. The largest absolute Gasteiger partial charge is 0.505 e. The molecule has 0 bridgehead atoms. The lowest BCUT2D eigenvalue weighted by molar-refractivity contribution is -0.105. The molecular formula is C11H9N3O2. The molecule has 1 aromatic heterocycles. The van der Waals surface area contributed by atoms with Crippen LogP contribution in [0.1, 0.15) is 0 Å². The number of aromatic hydroxyl groups is 1. The van der Waals surface area contributed by atoms with Crippen molar-refractivity contribution in [2.45, 2.75) is 0 Å². The van der Waals surface area contributed by atoms with Crippen molar-refractivity contribution < 1.29 is 9.90 Å². The summed E-state index contributed by atoms with van der Waals surface area (Å²) in [6, 6.07) is 5.02. The molecule has 5 nitrogen and oxygen atoms in total. The van der Waals surface area contributed by atoms with E-state index in [0.29, 0.717) is 23.4 Å². The summed E-state index contributed by atoms with van der Waals surface area (Å²) in [6.07, 6.45) is 5.14. The maximum Gasteiger partial charge on any atom is 0.211 e. The van der Waals surface area contributed by atoms with Gasteiger partial charge in [-0.25, -0.2) is 0 Å². The van der Waals surface area contributed by atoms with Crippen molar-refractivity contribution in [1.29, 1.82) is 0 Å². The number of carbonyl (C=O) groups excluding carboxylic acids is 1. The van der Waals surface area contributed by atoms with Gasteiger partial charge in [0.1, 0.15) is 5.75 Å². The Kier molecular flexibility index (Phi) is 2.77. The molecule has 0 unspecified atom stereocenters. The zero-order valence-electron chi connectivity index (χ0n) is 8.29. The van der Waals surface area contributed by atoms with Gasteiger partial charge in [0.15, 0.2) is 0 Å². The average Bonchev–Trinajstić information content (AvgIpc) is 2.33. The molecule has 2 aromatic rings. The van der Waals surface area contributed by atoms with E-state index in [-0.39, 0.29) is 5.75 Å². The third kappa shape index (κ3) is 1.83. The Labute approximate surface area is 91.8 Å². The highest BCUT2D eigenvalue weighted by atomic mass is 16.3. The van der Waals surface area contributed by atoms with Crippen LogP contribution in [-0.2, 0) is 4.79 Å². The van der Waals surface area contributed by atoms with Gasteiger partial charge in [0.05, 0.1) is 17.6 Å². The summed E-state index contributed by atoms with van der Waals surface area (Å²) >= 11 is 0. The Morgan fingerprint density at radius 2 is 2.19 bits per heavy atom. The normalized spacial score (nSPS) is 9.75. The molecule has 0 atom stereocenters. The minimum Gasteiger partial charge on any atom is -0.505 e. The van der Waals surface area contributed by atoms with Gasteiger partial charge in [0.25, 0.3) is 0 Å². The summed E-state index contributed by atoms with van der Waals surface area (Å²) in [5.41, 5.74) is 1.42. The second-order valence-corrected chi connectivity index (χ2v) is 3.05. The van der Waals surface area contributed by atoms with Crippen molar-refractivity contribution >= 4 is 12.1 Å². The molecule has 0 fully saturated rings. The molecule has 0 spiro atoms. The number of amides is 1. The standard InChI is InChI=1S/C11H9N3O2/c15-7-14-9-3-1-2-8(11(9)16)10-6-12-4-5-13-10/h1-7,16H,(H,14,15). The number of anilines is 1. The van der Waals surface area contributed by atoms with Gasteiger partial charge in [-0.05, 0) is 12.1 Å². The second-order valence-electron chi connectivity index (χ2n) is 3.05. The number of benzene rings is 1. The Morgan fingerprint density at radius 3 is 2.88 bits per heavy atom. The number of hydrogen-bond acceptors (Lipinski definition) is 4. The van der Waals surface area contributed by atoms with E-state index in [0.717, 1.165) is 0 Å². The van der Waals surface area contributed by atoms with E-state index in [1.807, 2.05) is 0 Å². The van der Waals surface area contributed by atoms with Gasteiger partial charge < -0.3 is 10.4 Å². The van der Waals surface area contributed by atoms with Gasteiger partial charge in [-0.2, -0.15) is 0 Å². The van der Waals surface area contributed by atoms with Crippen molar-refractivity contribution in [3.63, 3.8) is 0 Å². The van der Waals surface area contributed by atoms with Crippen molar-refractivity contribution in [3.8, 4) is 17.0 Å². The van der Waals surface area contributed by atoms with E-state index < -0.39 is 0 Å². The molecular weight excluding hydrogens is 206 g/mol. The summed E-state index contributed by atoms with van der Waals surface area (Å²) in [5, 5.41) is 12.3. The fourth-order valence-electron chi connectivity index (χ4n) is 1.37. The summed E-state index contributed by atoms with van der Waals surface area (Å²) < 4.78 is 0. The molecule has 80 valence electrons. The first-order chi connectivity index (χ1) is 7.83. The van der Waals surface area contributed by atoms with Crippen LogP contribution in [0.2, 0.25) is 0 Å². The van der Waals surface area contributed by atoms with Crippen LogP contribution in [0.4, 0.5) is 5.69 Å². The van der Waals surface area contributed by atoms with Gasteiger partial charge >= 0.3 is 0 Å². The zero-order valence-corrected chi connectivity index (χ0v) is 8.29. The van der Waals surface area contributed by atoms with Gasteiger partial charge in [-0.15, -0.1) is 0 Å². The van der Waals surface area contributed by atoms with E-state index in [1.54, 1.807) is 30.6 Å². The van der Waals surface area contributed by atoms with Crippen LogP contribution in [0.3, 0.4) is 0 Å². The summed E-state index contributed by atoms with van der Waals surface area (Å²) in [4.78, 5) is 18.3. The lowest BCUT2D eigenvalue weighted by atomic mass is 10.1. The molecule has 0 aliphatic rings. The van der Waals surface area contributed by atoms with Crippen LogP contribution in [-0.4, -0.2) is 21.5 Å². The van der Waals surface area contributed by atoms with Crippen LogP contribution in [0.15, 0.2) is 36.8 Å². The molecule has 2 N–H and O–H groups in total. The van der Waals surface area contributed by atoms with Gasteiger partial charge in [-0.3, -0.25) is 14.8 Å². The lowest BCUT2D eigenvalue weighted by Gasteiger charge is -2.07. The van der Waals surface area contributed by atoms with E-state index >= 15 is 0 Å². The summed E-state index contributed by atoms with van der Waals surface area (Å²) in [5.74, 6) is -0.0184. The van der Waals surface area contributed by atoms with Crippen molar-refractivity contribution in [2.75, 3.05) is 5.32 Å². The number of nitrogens with one attached hydrogen (secondary N) is 1. The molecule has 0 radical (unpaired) electrons. The van der Waals surface area contributed by atoms with Gasteiger partial charge in [0, 0.05) is 18.0 Å². The minimum absolute atomic E-state index is 0.0184. The maximum absolute atomic E-state index is 10.3. The Balaban J connectivity index is 2.50. The zero-order chi connectivity index (χ0) is 11.4. The molecule has 1 amide bonds. The Bertz CT molecular complexity index is 500. The van der Waals surface area contributed by atoms with Crippen LogP contribution >= 0.6 is 0 Å². The highest BCUT2D eigenvalue weighted by Gasteiger charge is 2.09. The minimum atomic E-state index is -0.0184. The maximum atomic E-state index is 10.3. The molecule has 1 aromatic carbocycles. The van der Waals surface area contributed by atoms with E-state index in [2.05, 4.69) is 15.3 Å². The Morgan fingerprint density at radius 1 is 1.31 bits per heavy atom. The summed E-state index contributed by atoms with van der Waals surface area (Å²) in [6.45, 7) is 0. The van der Waals surface area contributed by atoms with Crippen molar-refractivity contribution in [3.05, 3.63) is 36.8 Å². The predicted octanol–water partition coefficient (Wildman–Crippen LogP) is 1.42. The highest BCUT2D eigenvalue weighted by Crippen LogP contribution is 2.33. The van der Waals surface area contributed by atoms with Crippen molar-refractivity contribution in [2.24, 2.45) is 0 Å². The van der Waals surface area contributed by atoms with Crippen LogP contribution in [0, 0.1) is 0 Å². The van der Waals surface area contributed by atoms with Crippen LogP contribution in [0.5, 0.6) is 5.75 Å². The van der Waals surface area contributed by atoms with Crippen molar-refractivity contribution in [1.82, 2.24) is 9.97 Å². The molecule has 0 aliphatic heterocycles. The quantitative estimate of drug-likeness (QED) is 0.599. The number of phenols is 1. The molecule has 0 saturated heterocycles. The molecule has 5 heteroatoms. The fourth-order valence-corrected chi connectivity index (χ4v) is 1.37. The third-order valence-electron chi connectivity index (χ3n) is 2.09. The number of rotatable bonds is 3. The van der Waals surface area contributed by atoms with Gasteiger partial charge in [0.2, 0.25) is 6.41 Å². The van der Waals surface area contributed by atoms with Gasteiger partial charge in [-0.1, -0.05) is 6.07 Å². The number of carbonyl (C=O) groups is 1. The highest BCUT2D eigenvalue weighted by molar-refractivity contribution is 5.82. The number of aromatic nitrogens is 2. The van der Waals surface area contributed by atoms with E-state index in [1.165, 1.54) is 6.20 Å². The number of hydrogen-bond donors (Lipinski definition) is 2. The van der Waals surface area contributed by atoms with E-state index in [4.69, 9.17) is 0 Å². The molecule has 0 saturated carbocycles. The molecule has 2 rings (SSSR count). The van der Waals surface area contributed by atoms with Crippen LogP contribution in [0.25, 0.3) is 11.3 Å². The van der Waals surface area contributed by atoms with E-state index in [9.17, 15) is 9.90 Å². The first-order valence-electron chi connectivity index (χ1n) is 4.61. The third-order valence-corrected chi connectivity index (χ3v) is 2.09. The topological polar surface area (TPSA) is 75.1 Å². The summed E-state index contributed by atoms with van der Waals surface area (Å²) in [7, 11) is 0. The smallest absolute Gasteiger partial charge is 0.211 e. The SMILES string of the molecule is O=CNc1cccc(-c2cnccn2)c1O. The molecule has 16 heavy (non-hydrogen) atoms. The lowest BCUT2D eigenvalue weighted by Crippen LogP contribution is -1.95. The predicted molar refractivity (Wildman–Crippen MR) is 58.8 cm³/mol. The average molecular weight is 215 g/mol. The number of phenolic OH excluding ortho intramolecular Hbond substituents is 1. The number of para-hydroxylation sites is 1. The second kappa shape index (κ2) is 4.39.